The highest BCUT2D eigenvalue weighted by atomic mass is 19.4. The van der Waals surface area contributed by atoms with Crippen molar-refractivity contribution in [2.24, 2.45) is 0 Å². The fraction of sp³-hybridized carbons (Fsp3) is 1.00. The minimum atomic E-state index is -4.26. The average molecular weight is 226 g/mol. The van der Waals surface area contributed by atoms with Crippen molar-refractivity contribution >= 4 is 0 Å². The summed E-state index contributed by atoms with van der Waals surface area (Å²) in [6.07, 6.45) is -2.63. The lowest BCUT2D eigenvalue weighted by molar-refractivity contribution is -0.194. The lowest BCUT2D eigenvalue weighted by Gasteiger charge is -2.35. The van der Waals surface area contributed by atoms with E-state index in [1.807, 2.05) is 7.05 Å². The van der Waals surface area contributed by atoms with Crippen LogP contribution in [0.3, 0.4) is 0 Å². The first-order chi connectivity index (χ1) is 6.88. The highest BCUT2D eigenvalue weighted by Crippen LogP contribution is 2.17. The monoisotopic (exact) mass is 226 g/mol. The number of halogens is 3. The second-order valence-corrected chi connectivity index (χ2v) is 4.07. The molecule has 1 aliphatic rings. The summed E-state index contributed by atoms with van der Waals surface area (Å²) in [5.74, 6) is 0. The zero-order valence-corrected chi connectivity index (χ0v) is 8.97. The zero-order valence-electron chi connectivity index (χ0n) is 8.97. The van der Waals surface area contributed by atoms with Gasteiger partial charge in [-0.05, 0) is 33.4 Å². The van der Waals surface area contributed by atoms with Crippen LogP contribution in [0.5, 0.6) is 0 Å². The van der Waals surface area contributed by atoms with Gasteiger partial charge in [0.2, 0.25) is 0 Å². The van der Waals surface area contributed by atoms with Gasteiger partial charge in [0.05, 0.1) is 0 Å². The van der Waals surface area contributed by atoms with Crippen LogP contribution >= 0.6 is 0 Å². The van der Waals surface area contributed by atoms with Crippen LogP contribution in [0, 0.1) is 0 Å². The fourth-order valence-corrected chi connectivity index (χ4v) is 1.64. The number of hydroxylamine groups is 1. The molecule has 0 aliphatic carbocycles. The summed E-state index contributed by atoms with van der Waals surface area (Å²) in [6, 6.07) is 0.407. The van der Waals surface area contributed by atoms with Crippen LogP contribution in [0.15, 0.2) is 0 Å². The molecular formula is C9H17F3N2O. The SMILES string of the molecule is CC1CC(NOCC(F)(F)F)CCN1C. The van der Waals surface area contributed by atoms with Crippen molar-refractivity contribution in [2.45, 2.75) is 38.0 Å². The second kappa shape index (κ2) is 5.14. The number of nitrogens with one attached hydrogen (secondary N) is 1. The Morgan fingerprint density at radius 2 is 2.13 bits per heavy atom. The van der Waals surface area contributed by atoms with E-state index >= 15 is 0 Å². The summed E-state index contributed by atoms with van der Waals surface area (Å²) in [5, 5.41) is 0. The first-order valence-electron chi connectivity index (χ1n) is 5.03. The Balaban J connectivity index is 2.17. The highest BCUT2D eigenvalue weighted by Gasteiger charge is 2.29. The molecule has 1 rings (SSSR count). The smallest absolute Gasteiger partial charge is 0.304 e. The van der Waals surface area contributed by atoms with Gasteiger partial charge in [0, 0.05) is 12.1 Å². The van der Waals surface area contributed by atoms with Gasteiger partial charge < -0.3 is 4.90 Å². The third kappa shape index (κ3) is 4.81. The molecular weight excluding hydrogens is 209 g/mol. The lowest BCUT2D eigenvalue weighted by atomic mass is 10.00. The molecule has 1 fully saturated rings. The number of alkyl halides is 3. The summed E-state index contributed by atoms with van der Waals surface area (Å²) in [7, 11) is 2.01. The molecule has 0 saturated carbocycles. The Bertz CT molecular complexity index is 198. The van der Waals surface area contributed by atoms with Crippen molar-refractivity contribution in [1.29, 1.82) is 0 Å². The third-order valence-corrected chi connectivity index (χ3v) is 2.69. The molecule has 1 N–H and O–H groups in total. The van der Waals surface area contributed by atoms with Gasteiger partial charge in [-0.2, -0.15) is 18.7 Å². The van der Waals surface area contributed by atoms with Gasteiger partial charge in [-0.1, -0.05) is 0 Å². The van der Waals surface area contributed by atoms with Crippen molar-refractivity contribution in [3.63, 3.8) is 0 Å². The Kier molecular flexibility index (Phi) is 4.36. The van der Waals surface area contributed by atoms with Crippen LogP contribution in [-0.4, -0.2) is 43.4 Å². The van der Waals surface area contributed by atoms with Crippen molar-refractivity contribution in [3.05, 3.63) is 0 Å². The molecule has 0 spiro atoms. The first-order valence-corrected chi connectivity index (χ1v) is 5.03. The summed E-state index contributed by atoms with van der Waals surface area (Å²) >= 11 is 0. The Morgan fingerprint density at radius 3 is 2.67 bits per heavy atom. The van der Waals surface area contributed by atoms with E-state index in [-0.39, 0.29) is 6.04 Å². The lowest BCUT2D eigenvalue weighted by Crippen LogP contribution is -2.46. The second-order valence-electron chi connectivity index (χ2n) is 4.07. The topological polar surface area (TPSA) is 24.5 Å². The fourth-order valence-electron chi connectivity index (χ4n) is 1.64. The van der Waals surface area contributed by atoms with Gasteiger partial charge in [-0.25, -0.2) is 0 Å². The van der Waals surface area contributed by atoms with Crippen LogP contribution in [0.4, 0.5) is 13.2 Å². The molecule has 90 valence electrons. The van der Waals surface area contributed by atoms with Crippen molar-refractivity contribution in [3.8, 4) is 0 Å². The van der Waals surface area contributed by atoms with E-state index in [0.717, 1.165) is 19.4 Å². The predicted molar refractivity (Wildman–Crippen MR) is 50.3 cm³/mol. The van der Waals surface area contributed by atoms with Gasteiger partial charge in [0.25, 0.3) is 0 Å². The molecule has 1 aliphatic heterocycles. The molecule has 0 aromatic rings. The number of nitrogens with zero attached hydrogens (tertiary/aromatic N) is 1. The molecule has 3 nitrogen and oxygen atoms in total. The molecule has 6 heteroatoms. The molecule has 0 aromatic carbocycles. The van der Waals surface area contributed by atoms with Crippen LogP contribution in [0.25, 0.3) is 0 Å². The van der Waals surface area contributed by atoms with E-state index in [9.17, 15) is 13.2 Å². The van der Waals surface area contributed by atoms with E-state index < -0.39 is 12.8 Å². The van der Waals surface area contributed by atoms with E-state index in [0.29, 0.717) is 6.04 Å². The van der Waals surface area contributed by atoms with E-state index in [1.165, 1.54) is 0 Å². The van der Waals surface area contributed by atoms with Crippen molar-refractivity contribution in [1.82, 2.24) is 10.4 Å². The van der Waals surface area contributed by atoms with Crippen LogP contribution in [0.1, 0.15) is 19.8 Å². The van der Waals surface area contributed by atoms with Gasteiger partial charge in [-0.3, -0.25) is 4.84 Å². The number of hydrogen-bond donors (Lipinski definition) is 1. The Labute approximate surface area is 87.5 Å². The van der Waals surface area contributed by atoms with Gasteiger partial charge >= 0.3 is 6.18 Å². The Hall–Kier alpha value is -0.330. The Morgan fingerprint density at radius 1 is 1.47 bits per heavy atom. The average Bonchev–Trinajstić information content (AvgIpc) is 2.09. The summed E-state index contributed by atoms with van der Waals surface area (Å²) in [5.41, 5.74) is 2.48. The summed E-state index contributed by atoms with van der Waals surface area (Å²) in [4.78, 5) is 6.61. The van der Waals surface area contributed by atoms with E-state index in [2.05, 4.69) is 22.1 Å². The molecule has 2 atom stereocenters. The molecule has 15 heavy (non-hydrogen) atoms. The maximum absolute atomic E-state index is 11.8. The van der Waals surface area contributed by atoms with Gasteiger partial charge in [-0.15, -0.1) is 0 Å². The normalized spacial score (nSPS) is 29.4. The molecule has 0 aromatic heterocycles. The van der Waals surface area contributed by atoms with Crippen LogP contribution < -0.4 is 5.48 Å². The van der Waals surface area contributed by atoms with Gasteiger partial charge in [0.1, 0.15) is 0 Å². The first kappa shape index (κ1) is 12.7. The summed E-state index contributed by atoms with van der Waals surface area (Å²) in [6.45, 7) is 1.71. The molecule has 2 unspecified atom stereocenters. The standard InChI is InChI=1S/C9H17F3N2O/c1-7-5-8(3-4-14(7)2)13-15-6-9(10,11)12/h7-8,13H,3-6H2,1-2H3. The quantitative estimate of drug-likeness (QED) is 0.739. The maximum Gasteiger partial charge on any atom is 0.413 e. The minimum absolute atomic E-state index is 0.0264. The molecule has 0 radical (unpaired) electrons. The van der Waals surface area contributed by atoms with Crippen molar-refractivity contribution < 1.29 is 18.0 Å². The van der Waals surface area contributed by atoms with Crippen LogP contribution in [-0.2, 0) is 4.84 Å². The van der Waals surface area contributed by atoms with E-state index in [1.54, 1.807) is 0 Å². The molecule has 1 saturated heterocycles. The number of likely N-dealkylation sites (tertiary alicyclic amines) is 1. The largest absolute Gasteiger partial charge is 0.413 e. The zero-order chi connectivity index (χ0) is 11.5. The molecule has 0 amide bonds. The molecule has 0 bridgehead atoms. The number of rotatable bonds is 3. The summed E-state index contributed by atoms with van der Waals surface area (Å²) < 4.78 is 35.3. The van der Waals surface area contributed by atoms with Crippen molar-refractivity contribution in [2.75, 3.05) is 20.2 Å². The number of hydrogen-bond acceptors (Lipinski definition) is 3. The maximum atomic E-state index is 11.8. The van der Waals surface area contributed by atoms with Crippen LogP contribution in [0.2, 0.25) is 0 Å². The predicted octanol–water partition coefficient (Wildman–Crippen LogP) is 1.55. The van der Waals surface area contributed by atoms with Gasteiger partial charge in [0.15, 0.2) is 6.61 Å². The highest BCUT2D eigenvalue weighted by molar-refractivity contribution is 4.79. The molecule has 1 heterocycles. The third-order valence-electron chi connectivity index (χ3n) is 2.69. The number of piperidine rings is 1. The minimum Gasteiger partial charge on any atom is -0.304 e. The van der Waals surface area contributed by atoms with E-state index in [4.69, 9.17) is 0 Å².